The molecule has 0 spiro atoms. The van der Waals surface area contributed by atoms with E-state index in [0.29, 0.717) is 13.1 Å². The number of nitrogens with two attached hydrogens (primary N) is 1. The van der Waals surface area contributed by atoms with E-state index < -0.39 is 35.3 Å². The van der Waals surface area contributed by atoms with Gasteiger partial charge < -0.3 is 16.4 Å². The number of alkyl halides is 3. The van der Waals surface area contributed by atoms with Gasteiger partial charge >= 0.3 is 6.18 Å². The summed E-state index contributed by atoms with van der Waals surface area (Å²) in [5.74, 6) is -0.826. The van der Waals surface area contributed by atoms with Crippen molar-refractivity contribution >= 4 is 17.3 Å². The van der Waals surface area contributed by atoms with E-state index in [9.17, 15) is 28.1 Å². The molecule has 0 radical (unpaired) electrons. The van der Waals surface area contributed by atoms with E-state index in [-0.39, 0.29) is 24.3 Å². The van der Waals surface area contributed by atoms with Gasteiger partial charge in [0.05, 0.1) is 4.92 Å². The SMILES string of the molecule is Nc1ccc(C(=O)NCC(N2CCNCC2)C(F)(F)F)cc1[N+](=O)[O-]. The Morgan fingerprint density at radius 1 is 1.40 bits per heavy atom. The summed E-state index contributed by atoms with van der Waals surface area (Å²) in [7, 11) is 0. The van der Waals surface area contributed by atoms with Crippen molar-refractivity contribution in [2.24, 2.45) is 0 Å². The minimum atomic E-state index is -4.50. The van der Waals surface area contributed by atoms with Gasteiger partial charge in [0.2, 0.25) is 0 Å². The number of hydrogen-bond donors (Lipinski definition) is 3. The molecule has 0 aromatic heterocycles. The van der Waals surface area contributed by atoms with Crippen LogP contribution in [0.2, 0.25) is 0 Å². The van der Waals surface area contributed by atoms with E-state index in [0.717, 1.165) is 6.07 Å². The summed E-state index contributed by atoms with van der Waals surface area (Å²) >= 11 is 0. The lowest BCUT2D eigenvalue weighted by molar-refractivity contribution is -0.383. The number of amides is 1. The third-order valence-electron chi connectivity index (χ3n) is 3.92. The molecular formula is C14H18F3N5O3. The number of carbonyl (C=O) groups excluding carboxylic acids is 1. The molecule has 1 unspecified atom stereocenters. The molecule has 1 aromatic rings. The van der Waals surface area contributed by atoms with Gasteiger partial charge in [0.25, 0.3) is 11.6 Å². The second-order valence-electron chi connectivity index (χ2n) is 5.58. The first-order chi connectivity index (χ1) is 11.7. The van der Waals surface area contributed by atoms with Crippen molar-refractivity contribution in [2.45, 2.75) is 12.2 Å². The second-order valence-corrected chi connectivity index (χ2v) is 5.58. The molecule has 11 heteroatoms. The van der Waals surface area contributed by atoms with Gasteiger partial charge in [0.15, 0.2) is 0 Å². The molecule has 2 rings (SSSR count). The molecular weight excluding hydrogens is 343 g/mol. The lowest BCUT2D eigenvalue weighted by Gasteiger charge is -2.35. The number of carbonyl (C=O) groups is 1. The van der Waals surface area contributed by atoms with Gasteiger partial charge in [-0.2, -0.15) is 13.2 Å². The number of halogens is 3. The molecule has 4 N–H and O–H groups in total. The number of nitrogen functional groups attached to an aromatic ring is 1. The van der Waals surface area contributed by atoms with Gasteiger partial charge in [-0.1, -0.05) is 0 Å². The molecule has 8 nitrogen and oxygen atoms in total. The van der Waals surface area contributed by atoms with Crippen LogP contribution in [0, 0.1) is 10.1 Å². The lowest BCUT2D eigenvalue weighted by atomic mass is 10.1. The van der Waals surface area contributed by atoms with Crippen molar-refractivity contribution in [3.63, 3.8) is 0 Å². The summed E-state index contributed by atoms with van der Waals surface area (Å²) in [5, 5.41) is 16.0. The fraction of sp³-hybridized carbons (Fsp3) is 0.500. The monoisotopic (exact) mass is 361 g/mol. The van der Waals surface area contributed by atoms with E-state index in [1.807, 2.05) is 0 Å². The Bertz CT molecular complexity index is 647. The maximum absolute atomic E-state index is 13.3. The quantitative estimate of drug-likeness (QED) is 0.405. The first-order valence-electron chi connectivity index (χ1n) is 7.53. The van der Waals surface area contributed by atoms with Crippen molar-refractivity contribution < 1.29 is 22.9 Å². The maximum atomic E-state index is 13.3. The Balaban J connectivity index is 2.08. The molecule has 1 heterocycles. The summed E-state index contributed by atoms with van der Waals surface area (Å²) < 4.78 is 39.8. The molecule has 1 amide bonds. The summed E-state index contributed by atoms with van der Waals surface area (Å²) in [6, 6.07) is 1.52. The molecule has 138 valence electrons. The van der Waals surface area contributed by atoms with Crippen molar-refractivity contribution in [2.75, 3.05) is 38.5 Å². The van der Waals surface area contributed by atoms with Gasteiger partial charge in [-0.3, -0.25) is 19.8 Å². The Labute approximate surface area is 141 Å². The van der Waals surface area contributed by atoms with Crippen LogP contribution in [0.25, 0.3) is 0 Å². The Kier molecular flexibility index (Phi) is 5.80. The first-order valence-corrected chi connectivity index (χ1v) is 7.53. The summed E-state index contributed by atoms with van der Waals surface area (Å²) in [5.41, 5.74) is 4.71. The largest absolute Gasteiger partial charge is 0.405 e. The minimum Gasteiger partial charge on any atom is -0.393 e. The number of nitrogens with one attached hydrogen (secondary N) is 2. The van der Waals surface area contributed by atoms with Gasteiger partial charge in [0.1, 0.15) is 11.7 Å². The van der Waals surface area contributed by atoms with E-state index >= 15 is 0 Å². The van der Waals surface area contributed by atoms with E-state index in [4.69, 9.17) is 5.73 Å². The molecule has 1 aliphatic rings. The molecule has 0 saturated carbocycles. The standard InChI is InChI=1S/C14H18F3N5O3/c15-14(16,17)12(21-5-3-19-4-6-21)8-20-13(23)9-1-2-10(18)11(7-9)22(24)25/h1-2,7,12,19H,3-6,8,18H2,(H,20,23). The first kappa shape index (κ1) is 18.9. The van der Waals surface area contributed by atoms with Crippen molar-refractivity contribution in [1.29, 1.82) is 0 Å². The van der Waals surface area contributed by atoms with Crippen LogP contribution in [0.1, 0.15) is 10.4 Å². The number of piperazine rings is 1. The zero-order chi connectivity index (χ0) is 18.6. The molecule has 0 aliphatic carbocycles. The summed E-state index contributed by atoms with van der Waals surface area (Å²) in [6.07, 6.45) is -4.50. The molecule has 0 bridgehead atoms. The molecule has 1 aliphatic heterocycles. The summed E-state index contributed by atoms with van der Waals surface area (Å²) in [6.45, 7) is 0.663. The van der Waals surface area contributed by atoms with E-state index in [1.54, 1.807) is 0 Å². The molecule has 1 aromatic carbocycles. The van der Waals surface area contributed by atoms with Gasteiger partial charge in [-0.15, -0.1) is 0 Å². The van der Waals surface area contributed by atoms with Crippen molar-refractivity contribution in [3.8, 4) is 0 Å². The topological polar surface area (TPSA) is 114 Å². The van der Waals surface area contributed by atoms with Crippen LogP contribution in [0.3, 0.4) is 0 Å². The van der Waals surface area contributed by atoms with Crippen LogP contribution in [0.4, 0.5) is 24.5 Å². The number of nitro benzene ring substituents is 1. The highest BCUT2D eigenvalue weighted by atomic mass is 19.4. The zero-order valence-electron chi connectivity index (χ0n) is 13.2. The fourth-order valence-corrected chi connectivity index (χ4v) is 2.58. The maximum Gasteiger partial charge on any atom is 0.405 e. The smallest absolute Gasteiger partial charge is 0.393 e. The molecule has 1 saturated heterocycles. The van der Waals surface area contributed by atoms with Crippen LogP contribution in [0.5, 0.6) is 0 Å². The number of rotatable bonds is 5. The zero-order valence-corrected chi connectivity index (χ0v) is 13.2. The number of anilines is 1. The van der Waals surface area contributed by atoms with Crippen molar-refractivity contribution in [1.82, 2.24) is 15.5 Å². The van der Waals surface area contributed by atoms with Gasteiger partial charge in [-0.05, 0) is 12.1 Å². The molecule has 25 heavy (non-hydrogen) atoms. The average molecular weight is 361 g/mol. The van der Waals surface area contributed by atoms with Crippen LogP contribution < -0.4 is 16.4 Å². The van der Waals surface area contributed by atoms with Gasteiger partial charge in [0, 0.05) is 44.4 Å². The lowest BCUT2D eigenvalue weighted by Crippen LogP contribution is -2.57. The third kappa shape index (κ3) is 4.79. The number of hydrogen-bond acceptors (Lipinski definition) is 6. The highest BCUT2D eigenvalue weighted by Gasteiger charge is 2.43. The van der Waals surface area contributed by atoms with E-state index in [1.165, 1.54) is 17.0 Å². The Morgan fingerprint density at radius 3 is 2.60 bits per heavy atom. The van der Waals surface area contributed by atoms with Crippen LogP contribution in [-0.4, -0.2) is 60.7 Å². The molecule has 1 fully saturated rings. The molecule has 1 atom stereocenters. The normalized spacial score (nSPS) is 17.1. The minimum absolute atomic E-state index is 0.123. The number of benzene rings is 1. The highest BCUT2D eigenvalue weighted by molar-refractivity contribution is 5.95. The predicted octanol–water partition coefficient (Wildman–Crippen LogP) is 0.743. The second kappa shape index (κ2) is 7.66. The average Bonchev–Trinajstić information content (AvgIpc) is 2.54. The predicted molar refractivity (Wildman–Crippen MR) is 84.1 cm³/mol. The van der Waals surface area contributed by atoms with Crippen LogP contribution in [-0.2, 0) is 0 Å². The summed E-state index contributed by atoms with van der Waals surface area (Å²) in [4.78, 5) is 23.4. The third-order valence-corrected chi connectivity index (χ3v) is 3.92. The fourth-order valence-electron chi connectivity index (χ4n) is 2.58. The van der Waals surface area contributed by atoms with E-state index in [2.05, 4.69) is 10.6 Å². The van der Waals surface area contributed by atoms with Crippen LogP contribution >= 0.6 is 0 Å². The Hall–Kier alpha value is -2.40. The Morgan fingerprint density at radius 2 is 2.04 bits per heavy atom. The van der Waals surface area contributed by atoms with Crippen LogP contribution in [0.15, 0.2) is 18.2 Å². The highest BCUT2D eigenvalue weighted by Crippen LogP contribution is 2.25. The van der Waals surface area contributed by atoms with Crippen molar-refractivity contribution in [3.05, 3.63) is 33.9 Å². The number of nitrogens with zero attached hydrogens (tertiary/aromatic N) is 2. The number of nitro groups is 1. The van der Waals surface area contributed by atoms with Gasteiger partial charge in [-0.25, -0.2) is 0 Å².